The molecule has 0 aliphatic heterocycles. The van der Waals surface area contributed by atoms with Crippen LogP contribution in [0.5, 0.6) is 11.5 Å². The SMILES string of the molecule is COc1cccc(OC)c1C(O)C(O)C(N)=O. The third-order valence-electron chi connectivity index (χ3n) is 2.35. The topological polar surface area (TPSA) is 102 Å². The van der Waals surface area contributed by atoms with E-state index in [1.54, 1.807) is 18.2 Å². The number of carbonyl (C=O) groups excluding carboxylic acids is 1. The number of aliphatic hydroxyl groups excluding tert-OH is 2. The fourth-order valence-corrected chi connectivity index (χ4v) is 1.48. The second-order valence-corrected chi connectivity index (χ2v) is 3.37. The maximum absolute atomic E-state index is 10.8. The maximum Gasteiger partial charge on any atom is 0.249 e. The number of amides is 1. The Hall–Kier alpha value is -1.79. The van der Waals surface area contributed by atoms with Gasteiger partial charge in [0.2, 0.25) is 5.91 Å². The Kier molecular flexibility index (Phi) is 4.30. The van der Waals surface area contributed by atoms with Gasteiger partial charge in [0.05, 0.1) is 19.8 Å². The lowest BCUT2D eigenvalue weighted by Gasteiger charge is -2.20. The minimum Gasteiger partial charge on any atom is -0.496 e. The maximum atomic E-state index is 10.8. The predicted molar refractivity (Wildman–Crippen MR) is 59.7 cm³/mol. The number of carbonyl (C=O) groups is 1. The van der Waals surface area contributed by atoms with E-state index in [4.69, 9.17) is 15.2 Å². The van der Waals surface area contributed by atoms with Gasteiger partial charge in [0, 0.05) is 0 Å². The molecular weight excluding hydrogens is 226 g/mol. The molecule has 0 saturated heterocycles. The lowest BCUT2D eigenvalue weighted by Crippen LogP contribution is -2.34. The second kappa shape index (κ2) is 5.51. The number of primary amides is 1. The highest BCUT2D eigenvalue weighted by Crippen LogP contribution is 2.35. The summed E-state index contributed by atoms with van der Waals surface area (Å²) < 4.78 is 10.1. The molecule has 0 aromatic heterocycles. The average Bonchev–Trinajstić information content (AvgIpc) is 2.35. The normalized spacial score (nSPS) is 13.9. The highest BCUT2D eigenvalue weighted by atomic mass is 16.5. The summed E-state index contributed by atoms with van der Waals surface area (Å²) in [5, 5.41) is 19.3. The number of aliphatic hydroxyl groups is 2. The van der Waals surface area contributed by atoms with Crippen molar-refractivity contribution in [2.75, 3.05) is 14.2 Å². The Morgan fingerprint density at radius 1 is 1.24 bits per heavy atom. The van der Waals surface area contributed by atoms with Crippen molar-refractivity contribution in [2.45, 2.75) is 12.2 Å². The summed E-state index contributed by atoms with van der Waals surface area (Å²) in [6, 6.07) is 4.81. The molecule has 0 aliphatic carbocycles. The Labute approximate surface area is 98.6 Å². The third kappa shape index (κ3) is 2.66. The monoisotopic (exact) mass is 241 g/mol. The van der Waals surface area contributed by atoms with Crippen LogP contribution in [0.3, 0.4) is 0 Å². The molecule has 1 rings (SSSR count). The van der Waals surface area contributed by atoms with Crippen molar-refractivity contribution in [3.8, 4) is 11.5 Å². The van der Waals surface area contributed by atoms with Crippen molar-refractivity contribution in [1.29, 1.82) is 0 Å². The molecule has 4 N–H and O–H groups in total. The molecule has 17 heavy (non-hydrogen) atoms. The lowest BCUT2D eigenvalue weighted by atomic mass is 10.0. The van der Waals surface area contributed by atoms with Crippen LogP contribution < -0.4 is 15.2 Å². The molecule has 6 nitrogen and oxygen atoms in total. The first-order valence-electron chi connectivity index (χ1n) is 4.89. The number of methoxy groups -OCH3 is 2. The summed E-state index contributed by atoms with van der Waals surface area (Å²) in [4.78, 5) is 10.8. The zero-order chi connectivity index (χ0) is 13.0. The zero-order valence-electron chi connectivity index (χ0n) is 9.58. The molecule has 1 aromatic carbocycles. The van der Waals surface area contributed by atoms with Gasteiger partial charge < -0.3 is 25.4 Å². The smallest absolute Gasteiger partial charge is 0.249 e. The molecule has 0 saturated carbocycles. The van der Waals surface area contributed by atoms with Crippen molar-refractivity contribution < 1.29 is 24.5 Å². The van der Waals surface area contributed by atoms with Crippen LogP contribution in [-0.2, 0) is 4.79 Å². The van der Waals surface area contributed by atoms with E-state index in [1.165, 1.54) is 14.2 Å². The van der Waals surface area contributed by atoms with Gasteiger partial charge in [-0.15, -0.1) is 0 Å². The van der Waals surface area contributed by atoms with Crippen LogP contribution in [0, 0.1) is 0 Å². The second-order valence-electron chi connectivity index (χ2n) is 3.37. The van der Waals surface area contributed by atoms with Gasteiger partial charge in [-0.05, 0) is 12.1 Å². The average molecular weight is 241 g/mol. The molecule has 0 fully saturated rings. The van der Waals surface area contributed by atoms with Gasteiger partial charge in [-0.25, -0.2) is 0 Å². The minimum absolute atomic E-state index is 0.184. The predicted octanol–water partition coefficient (Wildman–Crippen LogP) is -0.417. The molecule has 2 unspecified atom stereocenters. The van der Waals surface area contributed by atoms with Gasteiger partial charge >= 0.3 is 0 Å². The van der Waals surface area contributed by atoms with Gasteiger partial charge in [0.1, 0.15) is 17.6 Å². The van der Waals surface area contributed by atoms with E-state index in [0.29, 0.717) is 11.5 Å². The largest absolute Gasteiger partial charge is 0.496 e. The molecule has 0 radical (unpaired) electrons. The lowest BCUT2D eigenvalue weighted by molar-refractivity contribution is -0.132. The van der Waals surface area contributed by atoms with Crippen LogP contribution in [-0.4, -0.2) is 36.4 Å². The molecule has 0 spiro atoms. The molecule has 2 atom stereocenters. The van der Waals surface area contributed by atoms with Crippen molar-refractivity contribution in [3.63, 3.8) is 0 Å². The fraction of sp³-hybridized carbons (Fsp3) is 0.364. The fourth-order valence-electron chi connectivity index (χ4n) is 1.48. The quantitative estimate of drug-likeness (QED) is 0.650. The first kappa shape index (κ1) is 13.3. The van der Waals surface area contributed by atoms with Crippen molar-refractivity contribution in [3.05, 3.63) is 23.8 Å². The highest BCUT2D eigenvalue weighted by Gasteiger charge is 2.29. The van der Waals surface area contributed by atoms with E-state index >= 15 is 0 Å². The summed E-state index contributed by atoms with van der Waals surface area (Å²) in [6.45, 7) is 0. The summed E-state index contributed by atoms with van der Waals surface area (Å²) in [7, 11) is 2.81. The first-order chi connectivity index (χ1) is 8.02. The van der Waals surface area contributed by atoms with Crippen LogP contribution in [0.25, 0.3) is 0 Å². The van der Waals surface area contributed by atoms with E-state index in [9.17, 15) is 15.0 Å². The Balaban J connectivity index is 3.22. The molecule has 6 heteroatoms. The van der Waals surface area contributed by atoms with Gasteiger partial charge in [-0.2, -0.15) is 0 Å². The summed E-state index contributed by atoms with van der Waals surface area (Å²) in [5.41, 5.74) is 5.11. The standard InChI is InChI=1S/C11H15NO5/c1-16-6-4-3-5-7(17-2)8(6)9(13)10(14)11(12)15/h3-5,9-10,13-14H,1-2H3,(H2,12,15). The third-order valence-corrected chi connectivity index (χ3v) is 2.35. The number of hydrogen-bond acceptors (Lipinski definition) is 5. The Morgan fingerprint density at radius 3 is 2.06 bits per heavy atom. The molecule has 1 aromatic rings. The molecule has 94 valence electrons. The van der Waals surface area contributed by atoms with Crippen molar-refractivity contribution in [2.24, 2.45) is 5.73 Å². The molecule has 0 aliphatic rings. The number of hydrogen-bond donors (Lipinski definition) is 3. The molecular formula is C11H15NO5. The van der Waals surface area contributed by atoms with E-state index in [-0.39, 0.29) is 5.56 Å². The number of rotatable bonds is 5. The van der Waals surface area contributed by atoms with E-state index in [2.05, 4.69) is 0 Å². The molecule has 0 bridgehead atoms. The van der Waals surface area contributed by atoms with Gasteiger partial charge in [-0.3, -0.25) is 4.79 Å². The van der Waals surface area contributed by atoms with Gasteiger partial charge in [-0.1, -0.05) is 6.07 Å². The van der Waals surface area contributed by atoms with Crippen molar-refractivity contribution >= 4 is 5.91 Å². The van der Waals surface area contributed by atoms with Crippen LogP contribution in [0.4, 0.5) is 0 Å². The van der Waals surface area contributed by atoms with E-state index < -0.39 is 18.1 Å². The van der Waals surface area contributed by atoms with Crippen LogP contribution >= 0.6 is 0 Å². The van der Waals surface area contributed by atoms with Crippen LogP contribution in [0.15, 0.2) is 18.2 Å². The van der Waals surface area contributed by atoms with Gasteiger partial charge in [0.25, 0.3) is 0 Å². The minimum atomic E-state index is -1.72. The van der Waals surface area contributed by atoms with Crippen LogP contribution in [0.2, 0.25) is 0 Å². The number of benzene rings is 1. The Morgan fingerprint density at radius 2 is 1.71 bits per heavy atom. The van der Waals surface area contributed by atoms with Gasteiger partial charge in [0.15, 0.2) is 6.10 Å². The first-order valence-corrected chi connectivity index (χ1v) is 4.89. The number of nitrogens with two attached hydrogens (primary N) is 1. The summed E-state index contributed by atoms with van der Waals surface area (Å²) in [6.07, 6.45) is -3.22. The number of ether oxygens (including phenoxy) is 2. The zero-order valence-corrected chi connectivity index (χ0v) is 9.58. The molecule has 1 amide bonds. The molecule has 0 heterocycles. The van der Waals surface area contributed by atoms with E-state index in [1.807, 2.05) is 0 Å². The summed E-state index contributed by atoms with van der Waals surface area (Å²) >= 11 is 0. The highest BCUT2D eigenvalue weighted by molar-refractivity contribution is 5.79. The van der Waals surface area contributed by atoms with Crippen molar-refractivity contribution in [1.82, 2.24) is 0 Å². The van der Waals surface area contributed by atoms with Crippen LogP contribution in [0.1, 0.15) is 11.7 Å². The summed E-state index contributed by atoms with van der Waals surface area (Å²) in [5.74, 6) is -0.417. The Bertz CT molecular complexity index is 385. The van der Waals surface area contributed by atoms with E-state index in [0.717, 1.165) is 0 Å².